The van der Waals surface area contributed by atoms with Crippen LogP contribution in [-0.2, 0) is 22.5 Å². The quantitative estimate of drug-likeness (QED) is 0.637. The minimum atomic E-state index is -0.522. The van der Waals surface area contributed by atoms with Crippen molar-refractivity contribution in [2.75, 3.05) is 32.9 Å². The molecule has 1 N–H and O–H groups in total. The molecule has 2 aromatic rings. The lowest BCUT2D eigenvalue weighted by Gasteiger charge is -2.41. The number of ether oxygens (including phenoxy) is 2. The van der Waals surface area contributed by atoms with Gasteiger partial charge < -0.3 is 14.6 Å². The maximum atomic E-state index is 13.1. The SMILES string of the molecule is CCOC(=O)[C@]1(Cc2ccccc2C)CCCN(Cc2cccc(OCCO)c2)C1. The lowest BCUT2D eigenvalue weighted by Crippen LogP contribution is -2.49. The molecule has 2 aromatic carbocycles. The van der Waals surface area contributed by atoms with E-state index in [0.717, 1.165) is 37.2 Å². The van der Waals surface area contributed by atoms with Gasteiger partial charge in [-0.1, -0.05) is 36.4 Å². The topological polar surface area (TPSA) is 59.0 Å². The second-order valence-corrected chi connectivity index (χ2v) is 8.14. The van der Waals surface area contributed by atoms with E-state index in [1.54, 1.807) is 0 Å². The zero-order chi connectivity index (χ0) is 21.4. The van der Waals surface area contributed by atoms with Crippen LogP contribution < -0.4 is 4.74 Å². The summed E-state index contributed by atoms with van der Waals surface area (Å²) in [5.74, 6) is 0.674. The molecule has 1 aliphatic heterocycles. The van der Waals surface area contributed by atoms with Gasteiger partial charge in [0.1, 0.15) is 12.4 Å². The lowest BCUT2D eigenvalue weighted by atomic mass is 9.74. The monoisotopic (exact) mass is 411 g/mol. The number of piperidine rings is 1. The smallest absolute Gasteiger partial charge is 0.313 e. The Morgan fingerprint density at radius 3 is 2.80 bits per heavy atom. The highest BCUT2D eigenvalue weighted by atomic mass is 16.5. The largest absolute Gasteiger partial charge is 0.491 e. The first kappa shape index (κ1) is 22.3. The molecule has 0 aromatic heterocycles. The van der Waals surface area contributed by atoms with Crippen LogP contribution in [0.4, 0.5) is 0 Å². The first-order valence-electron chi connectivity index (χ1n) is 10.8. The van der Waals surface area contributed by atoms with Crippen LogP contribution >= 0.6 is 0 Å². The van der Waals surface area contributed by atoms with E-state index in [0.29, 0.717) is 19.6 Å². The number of carbonyl (C=O) groups is 1. The Balaban J connectivity index is 1.78. The molecule has 1 aliphatic rings. The van der Waals surface area contributed by atoms with Crippen LogP contribution in [0.2, 0.25) is 0 Å². The van der Waals surface area contributed by atoms with Crippen molar-refractivity contribution < 1.29 is 19.4 Å². The van der Waals surface area contributed by atoms with Gasteiger partial charge in [0.15, 0.2) is 0 Å². The molecular weight excluding hydrogens is 378 g/mol. The predicted molar refractivity (Wildman–Crippen MR) is 117 cm³/mol. The van der Waals surface area contributed by atoms with Crippen molar-refractivity contribution in [3.8, 4) is 5.75 Å². The van der Waals surface area contributed by atoms with Crippen LogP contribution in [0.1, 0.15) is 36.5 Å². The van der Waals surface area contributed by atoms with Gasteiger partial charge in [-0.15, -0.1) is 0 Å². The summed E-state index contributed by atoms with van der Waals surface area (Å²) in [6, 6.07) is 16.3. The van der Waals surface area contributed by atoms with E-state index >= 15 is 0 Å². The van der Waals surface area contributed by atoms with Crippen molar-refractivity contribution in [3.05, 3.63) is 65.2 Å². The minimum Gasteiger partial charge on any atom is -0.491 e. The average molecular weight is 412 g/mol. The number of nitrogens with zero attached hydrogens (tertiary/aromatic N) is 1. The highest BCUT2D eigenvalue weighted by Crippen LogP contribution is 2.36. The third-order valence-corrected chi connectivity index (χ3v) is 5.82. The van der Waals surface area contributed by atoms with Gasteiger partial charge in [0, 0.05) is 13.1 Å². The number of hydrogen-bond acceptors (Lipinski definition) is 5. The molecule has 5 heteroatoms. The molecule has 0 spiro atoms. The van der Waals surface area contributed by atoms with Gasteiger partial charge in [-0.2, -0.15) is 0 Å². The minimum absolute atomic E-state index is 0.00266. The number of esters is 1. The van der Waals surface area contributed by atoms with Crippen molar-refractivity contribution >= 4 is 5.97 Å². The second-order valence-electron chi connectivity index (χ2n) is 8.14. The van der Waals surface area contributed by atoms with Crippen molar-refractivity contribution in [2.45, 2.75) is 39.7 Å². The molecule has 162 valence electrons. The van der Waals surface area contributed by atoms with E-state index in [2.05, 4.69) is 30.0 Å². The zero-order valence-electron chi connectivity index (χ0n) is 18.1. The van der Waals surface area contributed by atoms with Crippen LogP contribution in [0.5, 0.6) is 5.75 Å². The molecule has 1 atom stereocenters. The number of rotatable bonds is 9. The molecule has 5 nitrogen and oxygen atoms in total. The van der Waals surface area contributed by atoms with E-state index in [-0.39, 0.29) is 19.2 Å². The summed E-state index contributed by atoms with van der Waals surface area (Å²) in [6.07, 6.45) is 2.51. The Kier molecular flexibility index (Phi) is 7.88. The number of aliphatic hydroxyl groups excluding tert-OH is 1. The summed E-state index contributed by atoms with van der Waals surface area (Å²) < 4.78 is 11.1. The van der Waals surface area contributed by atoms with E-state index in [9.17, 15) is 4.79 Å². The highest BCUT2D eigenvalue weighted by Gasteiger charge is 2.43. The second kappa shape index (κ2) is 10.6. The van der Waals surface area contributed by atoms with Gasteiger partial charge in [0.2, 0.25) is 0 Å². The van der Waals surface area contributed by atoms with Crippen LogP contribution in [0.25, 0.3) is 0 Å². The Morgan fingerprint density at radius 2 is 2.03 bits per heavy atom. The van der Waals surface area contributed by atoms with Crippen molar-refractivity contribution in [2.24, 2.45) is 5.41 Å². The molecule has 1 fully saturated rings. The number of benzene rings is 2. The van der Waals surface area contributed by atoms with Gasteiger partial charge in [-0.3, -0.25) is 9.69 Å². The Bertz CT molecular complexity index is 837. The average Bonchev–Trinajstić information content (AvgIpc) is 2.75. The predicted octanol–water partition coefficient (Wildman–Crippen LogP) is 3.75. The van der Waals surface area contributed by atoms with Crippen molar-refractivity contribution in [1.82, 2.24) is 4.90 Å². The van der Waals surface area contributed by atoms with Gasteiger partial charge in [-0.05, 0) is 68.5 Å². The van der Waals surface area contributed by atoms with E-state index in [1.165, 1.54) is 11.1 Å². The summed E-state index contributed by atoms with van der Waals surface area (Å²) in [5, 5.41) is 8.97. The number of aryl methyl sites for hydroxylation is 1. The molecule has 30 heavy (non-hydrogen) atoms. The van der Waals surface area contributed by atoms with Gasteiger partial charge in [-0.25, -0.2) is 0 Å². The summed E-state index contributed by atoms with van der Waals surface area (Å²) in [6.45, 7) is 7.06. The van der Waals surface area contributed by atoms with E-state index < -0.39 is 5.41 Å². The highest BCUT2D eigenvalue weighted by molar-refractivity contribution is 5.78. The first-order valence-corrected chi connectivity index (χ1v) is 10.8. The number of likely N-dealkylation sites (tertiary alicyclic amines) is 1. The summed E-state index contributed by atoms with van der Waals surface area (Å²) >= 11 is 0. The molecule has 1 heterocycles. The molecule has 0 saturated carbocycles. The Hall–Kier alpha value is -2.37. The third kappa shape index (κ3) is 5.61. The molecule has 1 saturated heterocycles. The molecule has 3 rings (SSSR count). The number of aliphatic hydroxyl groups is 1. The third-order valence-electron chi connectivity index (χ3n) is 5.82. The molecule has 0 radical (unpaired) electrons. The van der Waals surface area contributed by atoms with Gasteiger partial charge >= 0.3 is 5.97 Å². The first-order chi connectivity index (χ1) is 14.6. The van der Waals surface area contributed by atoms with Crippen LogP contribution in [-0.4, -0.2) is 48.9 Å². The Labute approximate surface area is 179 Å². The fourth-order valence-corrected chi connectivity index (χ4v) is 4.36. The molecule has 0 aliphatic carbocycles. The zero-order valence-corrected chi connectivity index (χ0v) is 18.1. The lowest BCUT2D eigenvalue weighted by molar-refractivity contribution is -0.159. The Morgan fingerprint density at radius 1 is 1.20 bits per heavy atom. The molecule has 0 unspecified atom stereocenters. The maximum Gasteiger partial charge on any atom is 0.313 e. The number of carbonyl (C=O) groups excluding carboxylic acids is 1. The molecule has 0 bridgehead atoms. The molecule has 0 amide bonds. The van der Waals surface area contributed by atoms with Gasteiger partial charge in [0.25, 0.3) is 0 Å². The van der Waals surface area contributed by atoms with Gasteiger partial charge in [0.05, 0.1) is 18.6 Å². The van der Waals surface area contributed by atoms with Crippen LogP contribution in [0, 0.1) is 12.3 Å². The number of hydrogen-bond donors (Lipinski definition) is 1. The fourth-order valence-electron chi connectivity index (χ4n) is 4.36. The standard InChI is InChI=1S/C25H33NO4/c1-3-29-24(28)25(17-22-10-5-4-8-20(22)2)12-7-13-26(19-25)18-21-9-6-11-23(16-21)30-15-14-27/h4-6,8-11,16,27H,3,7,12-15,17-19H2,1-2H3/t25-/m0/s1. The van der Waals surface area contributed by atoms with Crippen molar-refractivity contribution in [1.29, 1.82) is 0 Å². The van der Waals surface area contributed by atoms with E-state index in [4.69, 9.17) is 14.6 Å². The summed E-state index contributed by atoms with van der Waals surface area (Å²) in [7, 11) is 0. The summed E-state index contributed by atoms with van der Waals surface area (Å²) in [5.41, 5.74) is 3.05. The summed E-state index contributed by atoms with van der Waals surface area (Å²) in [4.78, 5) is 15.5. The van der Waals surface area contributed by atoms with Crippen LogP contribution in [0.3, 0.4) is 0 Å². The van der Waals surface area contributed by atoms with E-state index in [1.807, 2.05) is 37.3 Å². The molecular formula is C25H33NO4. The maximum absolute atomic E-state index is 13.1. The van der Waals surface area contributed by atoms with Crippen LogP contribution in [0.15, 0.2) is 48.5 Å². The normalized spacial score (nSPS) is 19.4. The van der Waals surface area contributed by atoms with Crippen molar-refractivity contribution in [3.63, 3.8) is 0 Å². The fraction of sp³-hybridized carbons (Fsp3) is 0.480.